The Morgan fingerprint density at radius 3 is 2.42 bits per heavy atom. The van der Waals surface area contributed by atoms with Crippen LogP contribution in [0, 0.1) is 0 Å². The maximum Gasteiger partial charge on any atom is 0.255 e. The lowest BCUT2D eigenvalue weighted by molar-refractivity contribution is -0.117. The van der Waals surface area contributed by atoms with Gasteiger partial charge in [0.05, 0.1) is 10.7 Å². The van der Waals surface area contributed by atoms with Crippen molar-refractivity contribution in [1.29, 1.82) is 0 Å². The van der Waals surface area contributed by atoms with E-state index in [2.05, 4.69) is 10.6 Å². The smallest absolute Gasteiger partial charge is 0.255 e. The van der Waals surface area contributed by atoms with E-state index in [1.165, 1.54) is 6.92 Å². The highest BCUT2D eigenvalue weighted by Gasteiger charge is 2.21. The summed E-state index contributed by atoms with van der Waals surface area (Å²) in [7, 11) is 0. The van der Waals surface area contributed by atoms with Crippen LogP contribution >= 0.6 is 11.6 Å². The topological polar surface area (TPSA) is 78.5 Å². The molecule has 0 aromatic heterocycles. The molecule has 3 amide bonds. The first kappa shape index (κ1) is 17.9. The van der Waals surface area contributed by atoms with Gasteiger partial charge in [0.25, 0.3) is 5.91 Å². The number of carbonyl (C=O) groups is 3. The Balaban J connectivity index is 1.74. The van der Waals surface area contributed by atoms with E-state index < -0.39 is 0 Å². The first-order valence-electron chi connectivity index (χ1n) is 8.23. The number of amides is 3. The molecule has 26 heavy (non-hydrogen) atoms. The Morgan fingerprint density at radius 1 is 1.08 bits per heavy atom. The molecule has 1 aliphatic heterocycles. The summed E-state index contributed by atoms with van der Waals surface area (Å²) in [5, 5.41) is 5.74. The van der Waals surface area contributed by atoms with Gasteiger partial charge in [-0.25, -0.2) is 0 Å². The third-order valence-electron chi connectivity index (χ3n) is 4.05. The maximum absolute atomic E-state index is 12.5. The van der Waals surface area contributed by atoms with Gasteiger partial charge in [0.2, 0.25) is 11.8 Å². The molecule has 2 N–H and O–H groups in total. The number of hydrogen-bond donors (Lipinski definition) is 2. The van der Waals surface area contributed by atoms with E-state index in [-0.39, 0.29) is 17.7 Å². The Morgan fingerprint density at radius 2 is 1.81 bits per heavy atom. The van der Waals surface area contributed by atoms with Crippen molar-refractivity contribution >= 4 is 46.4 Å². The Kier molecular flexibility index (Phi) is 5.23. The van der Waals surface area contributed by atoms with Gasteiger partial charge in [-0.05, 0) is 48.9 Å². The normalized spacial score (nSPS) is 13.6. The van der Waals surface area contributed by atoms with Crippen LogP contribution in [0.15, 0.2) is 42.5 Å². The van der Waals surface area contributed by atoms with Crippen molar-refractivity contribution in [3.8, 4) is 0 Å². The van der Waals surface area contributed by atoms with Gasteiger partial charge in [0.15, 0.2) is 0 Å². The summed E-state index contributed by atoms with van der Waals surface area (Å²) in [6, 6.07) is 11.7. The number of anilines is 3. The number of rotatable bonds is 4. The zero-order chi connectivity index (χ0) is 18.7. The monoisotopic (exact) mass is 371 g/mol. The number of halogens is 1. The van der Waals surface area contributed by atoms with Crippen LogP contribution in [0.4, 0.5) is 17.1 Å². The van der Waals surface area contributed by atoms with Crippen molar-refractivity contribution in [1.82, 2.24) is 0 Å². The van der Waals surface area contributed by atoms with Crippen LogP contribution in [0.2, 0.25) is 5.02 Å². The SMILES string of the molecule is CC(=O)Nc1ccc(Cl)c(NC(=O)c2ccc(N3CCCC3=O)cc2)c1. The molecular weight excluding hydrogens is 354 g/mol. The van der Waals surface area contributed by atoms with Crippen LogP contribution < -0.4 is 15.5 Å². The van der Waals surface area contributed by atoms with Gasteiger partial charge in [-0.3, -0.25) is 14.4 Å². The minimum Gasteiger partial charge on any atom is -0.326 e. The van der Waals surface area contributed by atoms with E-state index in [9.17, 15) is 14.4 Å². The summed E-state index contributed by atoms with van der Waals surface area (Å²) < 4.78 is 0. The zero-order valence-corrected chi connectivity index (χ0v) is 15.0. The lowest BCUT2D eigenvalue weighted by Crippen LogP contribution is -2.23. The predicted molar refractivity (Wildman–Crippen MR) is 102 cm³/mol. The van der Waals surface area contributed by atoms with E-state index in [4.69, 9.17) is 11.6 Å². The molecule has 0 aliphatic carbocycles. The lowest BCUT2D eigenvalue weighted by atomic mass is 10.1. The van der Waals surface area contributed by atoms with E-state index in [1.54, 1.807) is 47.4 Å². The van der Waals surface area contributed by atoms with Crippen molar-refractivity contribution in [2.45, 2.75) is 19.8 Å². The minimum absolute atomic E-state index is 0.101. The number of hydrogen-bond acceptors (Lipinski definition) is 3. The van der Waals surface area contributed by atoms with E-state index in [0.717, 1.165) is 12.1 Å². The molecule has 0 bridgehead atoms. The quantitative estimate of drug-likeness (QED) is 0.860. The van der Waals surface area contributed by atoms with Crippen molar-refractivity contribution in [3.05, 3.63) is 53.1 Å². The van der Waals surface area contributed by atoms with Gasteiger partial charge in [-0.1, -0.05) is 11.6 Å². The second-order valence-corrected chi connectivity index (χ2v) is 6.43. The van der Waals surface area contributed by atoms with E-state index in [1.807, 2.05) is 0 Å². The van der Waals surface area contributed by atoms with Crippen molar-refractivity contribution in [3.63, 3.8) is 0 Å². The number of benzene rings is 2. The second kappa shape index (κ2) is 7.58. The van der Waals surface area contributed by atoms with Gasteiger partial charge in [-0.15, -0.1) is 0 Å². The molecule has 0 radical (unpaired) electrons. The molecule has 7 heteroatoms. The van der Waals surface area contributed by atoms with Crippen LogP contribution in [0.3, 0.4) is 0 Å². The first-order valence-corrected chi connectivity index (χ1v) is 8.61. The van der Waals surface area contributed by atoms with Crippen LogP contribution in [0.25, 0.3) is 0 Å². The highest BCUT2D eigenvalue weighted by molar-refractivity contribution is 6.34. The minimum atomic E-state index is -0.328. The molecule has 3 rings (SSSR count). The molecule has 1 saturated heterocycles. The largest absolute Gasteiger partial charge is 0.326 e. The number of nitrogens with one attached hydrogen (secondary N) is 2. The van der Waals surface area contributed by atoms with E-state index in [0.29, 0.717) is 34.9 Å². The molecule has 0 saturated carbocycles. The molecule has 1 fully saturated rings. The second-order valence-electron chi connectivity index (χ2n) is 6.03. The standard InChI is InChI=1S/C19H18ClN3O3/c1-12(24)21-14-6-9-16(20)17(11-14)22-19(26)13-4-7-15(8-5-13)23-10-2-3-18(23)25/h4-9,11H,2-3,10H2,1H3,(H,21,24)(H,22,26). The molecule has 0 spiro atoms. The van der Waals surface area contributed by atoms with Gasteiger partial charge in [0.1, 0.15) is 0 Å². The maximum atomic E-state index is 12.5. The Labute approximate surface area is 156 Å². The Hall–Kier alpha value is -2.86. The van der Waals surface area contributed by atoms with Crippen molar-refractivity contribution < 1.29 is 14.4 Å². The predicted octanol–water partition coefficient (Wildman–Crippen LogP) is 3.68. The molecule has 134 valence electrons. The fraction of sp³-hybridized carbons (Fsp3) is 0.211. The van der Waals surface area contributed by atoms with Crippen LogP contribution in [0.5, 0.6) is 0 Å². The van der Waals surface area contributed by atoms with Crippen LogP contribution in [-0.2, 0) is 9.59 Å². The molecule has 1 heterocycles. The zero-order valence-electron chi connectivity index (χ0n) is 14.2. The summed E-state index contributed by atoms with van der Waals surface area (Å²) >= 11 is 6.12. The average molecular weight is 372 g/mol. The molecule has 1 aliphatic rings. The van der Waals surface area contributed by atoms with Crippen molar-refractivity contribution in [2.24, 2.45) is 0 Å². The fourth-order valence-electron chi connectivity index (χ4n) is 2.81. The summed E-state index contributed by atoms with van der Waals surface area (Å²) in [6.45, 7) is 2.11. The molecular formula is C19H18ClN3O3. The number of carbonyl (C=O) groups excluding carboxylic acids is 3. The molecule has 0 atom stereocenters. The molecule has 6 nitrogen and oxygen atoms in total. The summed E-state index contributed by atoms with van der Waals surface area (Å²) in [4.78, 5) is 37.1. The third-order valence-corrected chi connectivity index (χ3v) is 4.38. The van der Waals surface area contributed by atoms with Gasteiger partial charge < -0.3 is 15.5 Å². The molecule has 2 aromatic carbocycles. The van der Waals surface area contributed by atoms with Gasteiger partial charge in [0, 0.05) is 36.8 Å². The first-order chi connectivity index (χ1) is 12.4. The van der Waals surface area contributed by atoms with Gasteiger partial charge in [-0.2, -0.15) is 0 Å². The lowest BCUT2D eigenvalue weighted by Gasteiger charge is -2.16. The third kappa shape index (κ3) is 4.03. The van der Waals surface area contributed by atoms with E-state index >= 15 is 0 Å². The average Bonchev–Trinajstić information content (AvgIpc) is 3.03. The molecule has 2 aromatic rings. The van der Waals surface area contributed by atoms with Gasteiger partial charge >= 0.3 is 0 Å². The fourth-order valence-corrected chi connectivity index (χ4v) is 2.98. The van der Waals surface area contributed by atoms with Crippen LogP contribution in [-0.4, -0.2) is 24.3 Å². The summed E-state index contributed by atoms with van der Waals surface area (Å²) in [5.41, 5.74) is 2.18. The Bertz CT molecular complexity index is 865. The van der Waals surface area contributed by atoms with Crippen LogP contribution in [0.1, 0.15) is 30.1 Å². The highest BCUT2D eigenvalue weighted by Crippen LogP contribution is 2.27. The summed E-state index contributed by atoms with van der Waals surface area (Å²) in [5.74, 6) is -0.438. The number of nitrogens with zero attached hydrogens (tertiary/aromatic N) is 1. The highest BCUT2D eigenvalue weighted by atomic mass is 35.5. The summed E-state index contributed by atoms with van der Waals surface area (Å²) in [6.07, 6.45) is 1.41. The molecule has 0 unspecified atom stereocenters. The van der Waals surface area contributed by atoms with Crippen molar-refractivity contribution in [2.75, 3.05) is 22.1 Å².